The summed E-state index contributed by atoms with van der Waals surface area (Å²) in [6, 6.07) is 9.80. The molecule has 0 fully saturated rings. The van der Waals surface area contributed by atoms with Gasteiger partial charge in [-0.05, 0) is 5.56 Å². The summed E-state index contributed by atoms with van der Waals surface area (Å²) in [5.41, 5.74) is 1.20. The second-order valence-corrected chi connectivity index (χ2v) is 6.35. The molecule has 0 amide bonds. The molecule has 0 atom stereocenters. The molecule has 1 aliphatic heterocycles. The average Bonchev–Trinajstić information content (AvgIpc) is 2.96. The van der Waals surface area contributed by atoms with Gasteiger partial charge in [0.1, 0.15) is 0 Å². The maximum absolute atomic E-state index is 12.8. The van der Waals surface area contributed by atoms with Gasteiger partial charge < -0.3 is 9.64 Å². The molecule has 0 bridgehead atoms. The maximum atomic E-state index is 12.8. The van der Waals surface area contributed by atoms with Crippen LogP contribution in [0, 0.1) is 0 Å². The number of hydrogen-bond donors (Lipinski definition) is 0. The van der Waals surface area contributed by atoms with Crippen molar-refractivity contribution in [3.8, 4) is 5.88 Å². The van der Waals surface area contributed by atoms with Gasteiger partial charge in [0, 0.05) is 32.8 Å². The molecule has 0 saturated heterocycles. The van der Waals surface area contributed by atoms with Crippen LogP contribution in [0.25, 0.3) is 0 Å². The van der Waals surface area contributed by atoms with E-state index in [1.54, 1.807) is 16.5 Å². The van der Waals surface area contributed by atoms with Crippen molar-refractivity contribution in [1.82, 2.24) is 9.55 Å². The number of esters is 1. The molecule has 1 aromatic carbocycles. The van der Waals surface area contributed by atoms with Gasteiger partial charge in [0.2, 0.25) is 0 Å². The number of hydrogen-bond acceptors (Lipinski definition) is 6. The molecule has 0 spiro atoms. The van der Waals surface area contributed by atoms with Gasteiger partial charge in [0.05, 0.1) is 0 Å². The van der Waals surface area contributed by atoms with Crippen LogP contribution in [-0.2, 0) is 17.9 Å². The Labute approximate surface area is 138 Å². The third-order valence-corrected chi connectivity index (χ3v) is 4.47. The van der Waals surface area contributed by atoms with Crippen molar-refractivity contribution in [2.45, 2.75) is 25.2 Å². The molecule has 1 aromatic heterocycles. The molecule has 23 heavy (non-hydrogen) atoms. The Kier molecular flexibility index (Phi) is 4.38. The molecule has 120 valence electrons. The highest BCUT2D eigenvalue weighted by Gasteiger charge is 2.25. The number of aromatic nitrogens is 2. The van der Waals surface area contributed by atoms with Crippen molar-refractivity contribution in [3.05, 3.63) is 46.2 Å². The highest BCUT2D eigenvalue weighted by atomic mass is 32.2. The van der Waals surface area contributed by atoms with Crippen LogP contribution < -0.4 is 15.2 Å². The van der Waals surface area contributed by atoms with E-state index < -0.39 is 5.97 Å². The topological polar surface area (TPSA) is 64.4 Å². The van der Waals surface area contributed by atoms with E-state index in [9.17, 15) is 9.59 Å². The fourth-order valence-electron chi connectivity index (χ4n) is 2.51. The van der Waals surface area contributed by atoms with Crippen LogP contribution >= 0.6 is 11.8 Å². The van der Waals surface area contributed by atoms with E-state index >= 15 is 0 Å². The smallest absolute Gasteiger partial charge is 0.309 e. The van der Waals surface area contributed by atoms with Gasteiger partial charge in [0.25, 0.3) is 11.4 Å². The van der Waals surface area contributed by atoms with Crippen molar-refractivity contribution in [3.63, 3.8) is 0 Å². The number of thioether (sulfide) groups is 1. The lowest BCUT2D eigenvalue weighted by Gasteiger charge is -2.21. The number of fused-ring (bicyclic) bond motifs is 1. The Morgan fingerprint density at radius 2 is 2.13 bits per heavy atom. The predicted molar refractivity (Wildman–Crippen MR) is 89.1 cm³/mol. The van der Waals surface area contributed by atoms with E-state index in [2.05, 4.69) is 4.98 Å². The summed E-state index contributed by atoms with van der Waals surface area (Å²) in [6.45, 7) is 2.46. The largest absolute Gasteiger partial charge is 0.405 e. The number of nitrogens with zero attached hydrogens (tertiary/aromatic N) is 3. The summed E-state index contributed by atoms with van der Waals surface area (Å²) in [5.74, 6) is 0.397. The summed E-state index contributed by atoms with van der Waals surface area (Å²) >= 11 is 1.49. The highest BCUT2D eigenvalue weighted by Crippen LogP contribution is 2.29. The van der Waals surface area contributed by atoms with Crippen molar-refractivity contribution in [2.75, 3.05) is 17.7 Å². The van der Waals surface area contributed by atoms with Gasteiger partial charge in [-0.2, -0.15) is 4.98 Å². The lowest BCUT2D eigenvalue weighted by atomic mass is 10.2. The van der Waals surface area contributed by atoms with E-state index in [0.717, 1.165) is 11.3 Å². The standard InChI is InChI=1S/C16H17N3O3S/c1-11(20)22-14-13(15(21)19-8-9-23-16(19)17-14)18(2)10-12-6-4-3-5-7-12/h3-7H,8-10H2,1-2H3. The molecule has 2 aromatic rings. The molecular formula is C16H17N3O3S. The number of anilines is 1. The van der Waals surface area contributed by atoms with Crippen LogP contribution in [0.15, 0.2) is 40.3 Å². The first-order valence-electron chi connectivity index (χ1n) is 7.27. The van der Waals surface area contributed by atoms with Crippen LogP contribution in [0.1, 0.15) is 12.5 Å². The third-order valence-electron chi connectivity index (χ3n) is 3.51. The lowest BCUT2D eigenvalue weighted by Crippen LogP contribution is -2.31. The van der Waals surface area contributed by atoms with Crippen molar-refractivity contribution < 1.29 is 9.53 Å². The first-order chi connectivity index (χ1) is 11.1. The molecule has 1 aliphatic rings. The summed E-state index contributed by atoms with van der Waals surface area (Å²) in [4.78, 5) is 30.3. The highest BCUT2D eigenvalue weighted by molar-refractivity contribution is 7.99. The molecule has 0 saturated carbocycles. The van der Waals surface area contributed by atoms with Gasteiger partial charge in [-0.3, -0.25) is 14.2 Å². The second-order valence-electron chi connectivity index (χ2n) is 5.29. The van der Waals surface area contributed by atoms with Crippen LogP contribution in [0.2, 0.25) is 0 Å². The van der Waals surface area contributed by atoms with E-state index in [-0.39, 0.29) is 11.4 Å². The number of carbonyl (C=O) groups is 1. The molecule has 0 unspecified atom stereocenters. The number of benzene rings is 1. The zero-order chi connectivity index (χ0) is 16.4. The molecule has 2 heterocycles. The summed E-state index contributed by atoms with van der Waals surface area (Å²) in [5, 5.41) is 0.600. The Bertz CT molecular complexity index is 789. The fraction of sp³-hybridized carbons (Fsp3) is 0.312. The van der Waals surface area contributed by atoms with E-state index in [0.29, 0.717) is 23.9 Å². The van der Waals surface area contributed by atoms with Gasteiger partial charge in [-0.25, -0.2) is 0 Å². The van der Waals surface area contributed by atoms with Gasteiger partial charge in [0.15, 0.2) is 10.8 Å². The molecule has 0 aliphatic carbocycles. The predicted octanol–water partition coefficient (Wildman–Crippen LogP) is 1.91. The Balaban J connectivity index is 2.02. The van der Waals surface area contributed by atoms with E-state index in [1.807, 2.05) is 30.3 Å². The van der Waals surface area contributed by atoms with Crippen LogP contribution in [0.5, 0.6) is 5.88 Å². The number of carbonyl (C=O) groups excluding carboxylic acids is 1. The number of rotatable bonds is 4. The minimum atomic E-state index is -0.487. The summed E-state index contributed by atoms with van der Waals surface area (Å²) in [7, 11) is 1.80. The minimum absolute atomic E-state index is 0.0848. The monoisotopic (exact) mass is 331 g/mol. The maximum Gasteiger partial charge on any atom is 0.309 e. The Morgan fingerprint density at radius 1 is 1.39 bits per heavy atom. The van der Waals surface area contributed by atoms with Gasteiger partial charge >= 0.3 is 5.97 Å². The van der Waals surface area contributed by atoms with E-state index in [1.165, 1.54) is 18.7 Å². The normalized spacial score (nSPS) is 12.8. The quantitative estimate of drug-likeness (QED) is 0.630. The van der Waals surface area contributed by atoms with Crippen molar-refractivity contribution in [2.24, 2.45) is 0 Å². The van der Waals surface area contributed by atoms with E-state index in [4.69, 9.17) is 4.74 Å². The Morgan fingerprint density at radius 3 is 2.83 bits per heavy atom. The van der Waals surface area contributed by atoms with Gasteiger partial charge in [-0.15, -0.1) is 0 Å². The van der Waals surface area contributed by atoms with Crippen LogP contribution in [-0.4, -0.2) is 28.3 Å². The molecule has 6 nitrogen and oxygen atoms in total. The molecular weight excluding hydrogens is 314 g/mol. The van der Waals surface area contributed by atoms with Gasteiger partial charge in [-0.1, -0.05) is 42.1 Å². The minimum Gasteiger partial charge on any atom is -0.405 e. The first kappa shape index (κ1) is 15.6. The zero-order valence-electron chi connectivity index (χ0n) is 13.0. The zero-order valence-corrected chi connectivity index (χ0v) is 13.8. The van der Waals surface area contributed by atoms with Crippen LogP contribution in [0.3, 0.4) is 0 Å². The molecule has 0 N–H and O–H groups in total. The van der Waals surface area contributed by atoms with Crippen molar-refractivity contribution >= 4 is 23.4 Å². The van der Waals surface area contributed by atoms with Crippen LogP contribution in [0.4, 0.5) is 5.69 Å². The third kappa shape index (κ3) is 3.24. The molecule has 7 heteroatoms. The fourth-order valence-corrected chi connectivity index (χ4v) is 3.45. The molecule has 3 rings (SSSR count). The van der Waals surface area contributed by atoms with Crippen molar-refractivity contribution in [1.29, 1.82) is 0 Å². The first-order valence-corrected chi connectivity index (χ1v) is 8.26. The second kappa shape index (κ2) is 6.45. The molecule has 0 radical (unpaired) electrons. The Hall–Kier alpha value is -2.28. The average molecular weight is 331 g/mol. The summed E-state index contributed by atoms with van der Waals surface area (Å²) < 4.78 is 6.83. The number of ether oxygens (including phenoxy) is 1. The summed E-state index contributed by atoms with van der Waals surface area (Å²) in [6.07, 6.45) is 0. The SMILES string of the molecule is CC(=O)Oc1nc2n(c(=O)c1N(C)Cc1ccccc1)CCS2. The lowest BCUT2D eigenvalue weighted by molar-refractivity contribution is -0.132.